The largest absolute Gasteiger partial charge is 0.381 e. The van der Waals surface area contributed by atoms with Crippen molar-refractivity contribution >= 4 is 5.96 Å². The fourth-order valence-electron chi connectivity index (χ4n) is 3.07. The normalized spacial score (nSPS) is 17.1. The fourth-order valence-corrected chi connectivity index (χ4v) is 3.07. The molecule has 0 bridgehead atoms. The predicted octanol–water partition coefficient (Wildman–Crippen LogP) is 3.01. The molecule has 0 aliphatic carbocycles. The first kappa shape index (κ1) is 20.7. The number of guanidine groups is 1. The highest BCUT2D eigenvalue weighted by Crippen LogP contribution is 2.14. The van der Waals surface area contributed by atoms with Crippen molar-refractivity contribution in [3.05, 3.63) is 35.9 Å². The molecule has 5 heteroatoms. The highest BCUT2D eigenvalue weighted by molar-refractivity contribution is 5.79. The van der Waals surface area contributed by atoms with Crippen LogP contribution in [0.5, 0.6) is 0 Å². The maximum atomic E-state index is 5.80. The fraction of sp³-hybridized carbons (Fsp3) is 0.667. The maximum absolute atomic E-state index is 5.80. The molecule has 1 aromatic carbocycles. The molecule has 1 saturated heterocycles. The van der Waals surface area contributed by atoms with Crippen LogP contribution in [0.1, 0.15) is 38.2 Å². The van der Waals surface area contributed by atoms with Gasteiger partial charge in [0.1, 0.15) is 0 Å². The number of benzene rings is 1. The van der Waals surface area contributed by atoms with E-state index in [1.54, 1.807) is 0 Å². The van der Waals surface area contributed by atoms with E-state index in [9.17, 15) is 0 Å². The Morgan fingerprint density at radius 2 is 2.04 bits per heavy atom. The predicted molar refractivity (Wildman–Crippen MR) is 108 cm³/mol. The summed E-state index contributed by atoms with van der Waals surface area (Å²) >= 11 is 0. The average Bonchev–Trinajstić information content (AvgIpc) is 2.69. The number of rotatable bonds is 10. The zero-order valence-corrected chi connectivity index (χ0v) is 16.4. The van der Waals surface area contributed by atoms with Crippen molar-refractivity contribution in [1.82, 2.24) is 10.6 Å². The van der Waals surface area contributed by atoms with E-state index in [0.717, 1.165) is 71.0 Å². The minimum atomic E-state index is 0.381. The van der Waals surface area contributed by atoms with Crippen LogP contribution in [0.4, 0.5) is 0 Å². The van der Waals surface area contributed by atoms with E-state index in [4.69, 9.17) is 9.47 Å². The standard InChI is InChI=1S/C21H35N3O2/c1-18(9-10-19-7-4-3-5-8-19)24-21(22-2)23-13-6-14-26-17-20-11-15-25-16-12-20/h3-5,7-8,18,20H,6,9-17H2,1-2H3,(H2,22,23,24). The van der Waals surface area contributed by atoms with E-state index in [2.05, 4.69) is 52.9 Å². The van der Waals surface area contributed by atoms with Gasteiger partial charge in [0.25, 0.3) is 0 Å². The number of nitrogens with zero attached hydrogens (tertiary/aromatic N) is 1. The van der Waals surface area contributed by atoms with E-state index in [-0.39, 0.29) is 0 Å². The van der Waals surface area contributed by atoms with E-state index >= 15 is 0 Å². The number of hydrogen-bond donors (Lipinski definition) is 2. The van der Waals surface area contributed by atoms with Crippen LogP contribution in [0, 0.1) is 5.92 Å². The summed E-state index contributed by atoms with van der Waals surface area (Å²) in [5.41, 5.74) is 1.38. The van der Waals surface area contributed by atoms with Crippen LogP contribution in [0.3, 0.4) is 0 Å². The zero-order chi connectivity index (χ0) is 18.5. The van der Waals surface area contributed by atoms with Crippen LogP contribution in [0.2, 0.25) is 0 Å². The summed E-state index contributed by atoms with van der Waals surface area (Å²) in [4.78, 5) is 4.31. The van der Waals surface area contributed by atoms with E-state index < -0.39 is 0 Å². The average molecular weight is 362 g/mol. The molecule has 0 radical (unpaired) electrons. The van der Waals surface area contributed by atoms with Crippen LogP contribution in [-0.2, 0) is 15.9 Å². The number of aryl methyl sites for hydroxylation is 1. The molecule has 1 fully saturated rings. The monoisotopic (exact) mass is 361 g/mol. The Balaban J connectivity index is 1.51. The minimum Gasteiger partial charge on any atom is -0.381 e. The maximum Gasteiger partial charge on any atom is 0.191 e. The summed E-state index contributed by atoms with van der Waals surface area (Å²) < 4.78 is 11.2. The summed E-state index contributed by atoms with van der Waals surface area (Å²) in [5.74, 6) is 1.55. The van der Waals surface area contributed by atoms with Crippen molar-refractivity contribution in [2.24, 2.45) is 10.9 Å². The number of nitrogens with one attached hydrogen (secondary N) is 2. The lowest BCUT2D eigenvalue weighted by Crippen LogP contribution is -2.42. The highest BCUT2D eigenvalue weighted by Gasteiger charge is 2.13. The lowest BCUT2D eigenvalue weighted by Gasteiger charge is -2.21. The molecule has 26 heavy (non-hydrogen) atoms. The molecule has 2 N–H and O–H groups in total. The van der Waals surface area contributed by atoms with Gasteiger partial charge in [-0.2, -0.15) is 0 Å². The van der Waals surface area contributed by atoms with Gasteiger partial charge in [-0.05, 0) is 50.5 Å². The Morgan fingerprint density at radius 1 is 1.27 bits per heavy atom. The summed E-state index contributed by atoms with van der Waals surface area (Å²) in [6, 6.07) is 11.0. The first-order valence-electron chi connectivity index (χ1n) is 9.94. The van der Waals surface area contributed by atoms with Crippen LogP contribution in [-0.4, -0.2) is 52.0 Å². The molecule has 0 amide bonds. The molecule has 146 valence electrons. The molecule has 0 spiro atoms. The first-order valence-corrected chi connectivity index (χ1v) is 9.94. The van der Waals surface area contributed by atoms with Gasteiger partial charge in [-0.1, -0.05) is 30.3 Å². The molecule has 0 aromatic heterocycles. The highest BCUT2D eigenvalue weighted by atomic mass is 16.5. The van der Waals surface area contributed by atoms with Gasteiger partial charge in [0.05, 0.1) is 0 Å². The van der Waals surface area contributed by atoms with Gasteiger partial charge in [-0.25, -0.2) is 0 Å². The quantitative estimate of drug-likeness (QED) is 0.382. The molecule has 1 heterocycles. The van der Waals surface area contributed by atoms with E-state index in [0.29, 0.717) is 12.0 Å². The molecule has 1 aromatic rings. The summed E-state index contributed by atoms with van der Waals surface area (Å²) in [5, 5.41) is 6.84. The lowest BCUT2D eigenvalue weighted by molar-refractivity contribution is 0.0203. The molecule has 0 saturated carbocycles. The third kappa shape index (κ3) is 8.68. The Bertz CT molecular complexity index is 501. The molecule has 1 aliphatic heterocycles. The molecule has 1 unspecified atom stereocenters. The zero-order valence-electron chi connectivity index (χ0n) is 16.4. The van der Waals surface area contributed by atoms with Crippen LogP contribution >= 0.6 is 0 Å². The second-order valence-corrected chi connectivity index (χ2v) is 7.05. The Hall–Kier alpha value is -1.59. The van der Waals surface area contributed by atoms with E-state index in [1.807, 2.05) is 7.05 Å². The molecular weight excluding hydrogens is 326 g/mol. The number of hydrogen-bond acceptors (Lipinski definition) is 3. The molecular formula is C21H35N3O2. The van der Waals surface area contributed by atoms with Gasteiger partial charge >= 0.3 is 0 Å². The first-order chi connectivity index (χ1) is 12.8. The van der Waals surface area contributed by atoms with Gasteiger partial charge in [0.15, 0.2) is 5.96 Å². The molecule has 5 nitrogen and oxygen atoms in total. The lowest BCUT2D eigenvalue weighted by atomic mass is 10.0. The summed E-state index contributed by atoms with van der Waals surface area (Å²) in [6.07, 6.45) is 5.42. The number of aliphatic imine (C=N–C) groups is 1. The van der Waals surface area contributed by atoms with Crippen molar-refractivity contribution in [3.8, 4) is 0 Å². The topological polar surface area (TPSA) is 54.9 Å². The second kappa shape index (κ2) is 12.7. The van der Waals surface area contributed by atoms with Crippen LogP contribution in [0.15, 0.2) is 35.3 Å². The summed E-state index contributed by atoms with van der Waals surface area (Å²) in [6.45, 7) is 6.52. The second-order valence-electron chi connectivity index (χ2n) is 7.05. The smallest absolute Gasteiger partial charge is 0.191 e. The number of ether oxygens (including phenoxy) is 2. The Morgan fingerprint density at radius 3 is 2.77 bits per heavy atom. The van der Waals surface area contributed by atoms with Crippen LogP contribution < -0.4 is 10.6 Å². The molecule has 2 rings (SSSR count). The molecule has 1 atom stereocenters. The van der Waals surface area contributed by atoms with Gasteiger partial charge in [-0.15, -0.1) is 0 Å². The SMILES string of the molecule is CN=C(NCCCOCC1CCOCC1)NC(C)CCc1ccccc1. The van der Waals surface area contributed by atoms with Gasteiger partial charge in [0.2, 0.25) is 0 Å². The molecule has 1 aliphatic rings. The summed E-state index contributed by atoms with van der Waals surface area (Å²) in [7, 11) is 1.82. The van der Waals surface area contributed by atoms with Crippen molar-refractivity contribution in [2.45, 2.75) is 45.1 Å². The van der Waals surface area contributed by atoms with Crippen LogP contribution in [0.25, 0.3) is 0 Å². The van der Waals surface area contributed by atoms with E-state index in [1.165, 1.54) is 5.56 Å². The van der Waals surface area contributed by atoms with Crippen molar-refractivity contribution in [3.63, 3.8) is 0 Å². The Kier molecular flexibility index (Phi) is 10.1. The minimum absolute atomic E-state index is 0.381. The van der Waals surface area contributed by atoms with Crippen molar-refractivity contribution < 1.29 is 9.47 Å². The third-order valence-corrected chi connectivity index (χ3v) is 4.77. The van der Waals surface area contributed by atoms with Gasteiger partial charge < -0.3 is 20.1 Å². The van der Waals surface area contributed by atoms with Gasteiger partial charge in [-0.3, -0.25) is 4.99 Å². The van der Waals surface area contributed by atoms with Gasteiger partial charge in [0, 0.05) is 46.1 Å². The van der Waals surface area contributed by atoms with Crippen molar-refractivity contribution in [1.29, 1.82) is 0 Å². The third-order valence-electron chi connectivity index (χ3n) is 4.77. The Labute approximate surface area is 158 Å². The van der Waals surface area contributed by atoms with Crippen molar-refractivity contribution in [2.75, 3.05) is 40.0 Å².